The quantitative estimate of drug-likeness (QED) is 0.0965. The van der Waals surface area contributed by atoms with Gasteiger partial charge >= 0.3 is 0 Å². The fourth-order valence-electron chi connectivity index (χ4n) is 13.7. The lowest BCUT2D eigenvalue weighted by molar-refractivity contribution is -0.127. The van der Waals surface area contributed by atoms with E-state index in [9.17, 15) is 47.2 Å². The van der Waals surface area contributed by atoms with Crippen molar-refractivity contribution < 1.29 is 52.3 Å². The lowest BCUT2D eigenvalue weighted by Gasteiger charge is -2.45. The molecule has 6 fully saturated rings. The monoisotopic (exact) mass is 1370 g/mol. The van der Waals surface area contributed by atoms with E-state index < -0.39 is 22.8 Å². The predicted octanol–water partition coefficient (Wildman–Crippen LogP) is 15.5. The molecule has 9 nitrogen and oxygen atoms in total. The Kier molecular flexibility index (Phi) is 26.5. The van der Waals surface area contributed by atoms with Crippen molar-refractivity contribution in [1.82, 2.24) is 14.7 Å². The third-order valence-corrected chi connectivity index (χ3v) is 19.2. The number of ketones is 1. The molecule has 5 N–H and O–H groups in total. The van der Waals surface area contributed by atoms with Crippen LogP contribution in [-0.2, 0) is 16.0 Å². The Bertz CT molecular complexity index is 2710. The number of aromatic hydroxyl groups is 3. The standard InChI is InChI=1S/2C17H24FNO2.C11H19NO.2C7H6BrF.C6H4BrFO.ClH/c2*1-19(2)10-15-12-4-3-11(7-12)9-17(15,21)14-8-13(20)5-6-16(14)18;1-12(2)7-10-9-4-3-8(5-9)6-11(10)13;2*1-5-2-3-7(9)6(8)4-5;7-5-3-4(9)1-2-6(5)8;/h2*5-6,8,11-12,15,20-21H,3-4,7,9-10H2,1-2H3;8-10H,3-7H2,1-2H3;2*2-4H,1H3;1-3,9H;1H/t2*11-,12-,15-,17-;8-,9-,10-;;;;/m000..../s1. The summed E-state index contributed by atoms with van der Waals surface area (Å²) >= 11 is 9.05. The molecular weight excluding hydrogens is 1290 g/mol. The van der Waals surface area contributed by atoms with E-state index in [1.165, 1.54) is 86.0 Å². The first-order valence-electron chi connectivity index (χ1n) is 28.4. The molecular formula is C65H84Br3ClF5N3O6. The third-order valence-electron chi connectivity index (χ3n) is 17.4. The zero-order chi connectivity index (χ0) is 60.4. The number of hydrogen-bond donors (Lipinski definition) is 5. The maximum Gasteiger partial charge on any atom is 0.137 e. The summed E-state index contributed by atoms with van der Waals surface area (Å²) in [4.78, 5) is 18.0. The summed E-state index contributed by atoms with van der Waals surface area (Å²) in [6.07, 6.45) is 12.8. The lowest BCUT2D eigenvalue weighted by Crippen LogP contribution is -2.47. The number of fused-ring (bicyclic) bond motifs is 6. The summed E-state index contributed by atoms with van der Waals surface area (Å²) < 4.78 is 67.2. The highest BCUT2D eigenvalue weighted by Crippen LogP contribution is 2.56. The Morgan fingerprint density at radius 1 is 0.470 bits per heavy atom. The fourth-order valence-corrected chi connectivity index (χ4v) is 15.0. The van der Waals surface area contributed by atoms with Crippen molar-refractivity contribution in [3.05, 3.63) is 156 Å². The van der Waals surface area contributed by atoms with E-state index in [1.807, 2.05) is 42.0 Å². The van der Waals surface area contributed by atoms with E-state index in [-0.39, 0.29) is 74.5 Å². The summed E-state index contributed by atoms with van der Waals surface area (Å²) in [6, 6.07) is 21.6. The average molecular weight is 1370 g/mol. The maximum absolute atomic E-state index is 14.3. The molecule has 0 heterocycles. The SMILES string of the molecule is CN(C)C[C@@H]1C(=O)C[C@H]2CC[C@H]1C2.CN(C)C[C@H]1[C@H]2CC[C@@H](C2)C[C@]1(O)c1cc(O)ccc1F.CN(C)C[C@H]1[C@H]2CC[C@@H](C2)C[C@]1(O)c1cc(O)ccc1F.Cc1ccc(F)c(Br)c1.Cc1ccc(F)c(Br)c1.Cl.Oc1ccc(F)c(Br)c1. The molecule has 6 bridgehead atoms. The largest absolute Gasteiger partial charge is 0.508 e. The highest BCUT2D eigenvalue weighted by atomic mass is 79.9. The van der Waals surface area contributed by atoms with Crippen LogP contribution in [0.5, 0.6) is 17.2 Å². The molecule has 458 valence electrons. The zero-order valence-corrected chi connectivity index (χ0v) is 54.5. The fraction of sp³-hybridized carbons (Fsp3) is 0.523. The van der Waals surface area contributed by atoms with Crippen molar-refractivity contribution in [2.75, 3.05) is 61.9 Å². The van der Waals surface area contributed by atoms with Crippen molar-refractivity contribution in [2.45, 2.75) is 102 Å². The van der Waals surface area contributed by atoms with E-state index in [2.05, 4.69) is 76.6 Å². The van der Waals surface area contributed by atoms with Gasteiger partial charge in [0.05, 0.1) is 24.6 Å². The highest BCUT2D eigenvalue weighted by molar-refractivity contribution is 9.11. The first-order valence-corrected chi connectivity index (χ1v) is 30.8. The predicted molar refractivity (Wildman–Crippen MR) is 332 cm³/mol. The molecule has 11 rings (SSSR count). The Hall–Kier alpha value is -3.65. The molecule has 18 heteroatoms. The van der Waals surface area contributed by atoms with Crippen LogP contribution in [0.1, 0.15) is 99.3 Å². The van der Waals surface area contributed by atoms with E-state index in [1.54, 1.807) is 24.3 Å². The van der Waals surface area contributed by atoms with Gasteiger partial charge < -0.3 is 40.2 Å². The van der Waals surface area contributed by atoms with Gasteiger partial charge in [-0.15, -0.1) is 12.4 Å². The number of halogens is 9. The second-order valence-electron chi connectivity index (χ2n) is 24.6. The Morgan fingerprint density at radius 2 is 0.807 bits per heavy atom. The number of phenols is 3. The maximum atomic E-state index is 14.3. The molecule has 6 aliphatic carbocycles. The van der Waals surface area contributed by atoms with Crippen LogP contribution in [0.4, 0.5) is 22.0 Å². The Morgan fingerprint density at radius 3 is 1.17 bits per heavy atom. The number of Topliss-reactive ketones (excluding diaryl/α,β-unsaturated/α-hetero) is 1. The summed E-state index contributed by atoms with van der Waals surface area (Å²) in [6.45, 7) is 6.29. The van der Waals surface area contributed by atoms with Gasteiger partial charge in [0.1, 0.15) is 52.1 Å². The van der Waals surface area contributed by atoms with Crippen LogP contribution in [0.2, 0.25) is 0 Å². The van der Waals surface area contributed by atoms with E-state index >= 15 is 0 Å². The van der Waals surface area contributed by atoms with Crippen LogP contribution in [0, 0.1) is 96.2 Å². The third kappa shape index (κ3) is 19.2. The molecule has 0 amide bonds. The second kappa shape index (κ2) is 31.3. The van der Waals surface area contributed by atoms with Crippen LogP contribution in [-0.4, -0.2) is 108 Å². The minimum atomic E-state index is -1.17. The number of carbonyl (C=O) groups is 1. The van der Waals surface area contributed by atoms with E-state index in [4.69, 9.17) is 5.11 Å². The van der Waals surface area contributed by atoms with Gasteiger partial charge in [0.25, 0.3) is 0 Å². The van der Waals surface area contributed by atoms with Crippen molar-refractivity contribution in [2.24, 2.45) is 53.3 Å². The average Bonchev–Trinajstić information content (AvgIpc) is 3.79. The van der Waals surface area contributed by atoms with Gasteiger partial charge in [0, 0.05) is 54.9 Å². The van der Waals surface area contributed by atoms with Gasteiger partial charge in [-0.05, 0) is 287 Å². The van der Waals surface area contributed by atoms with Gasteiger partial charge in [-0.25, -0.2) is 22.0 Å². The second-order valence-corrected chi connectivity index (χ2v) is 27.2. The number of benzene rings is 5. The van der Waals surface area contributed by atoms with Gasteiger partial charge in [0.2, 0.25) is 0 Å². The molecule has 11 atom stereocenters. The topological polar surface area (TPSA) is 128 Å². The molecule has 0 unspecified atom stereocenters. The van der Waals surface area contributed by atoms with Crippen LogP contribution in [0.25, 0.3) is 0 Å². The minimum Gasteiger partial charge on any atom is -0.508 e. The van der Waals surface area contributed by atoms with Gasteiger partial charge in [-0.1, -0.05) is 25.0 Å². The molecule has 0 aromatic heterocycles. The van der Waals surface area contributed by atoms with Crippen molar-refractivity contribution >= 4 is 66.0 Å². The van der Waals surface area contributed by atoms with Crippen LogP contribution in [0.15, 0.2) is 104 Å². The molecule has 0 aliphatic heterocycles. The summed E-state index contributed by atoms with van der Waals surface area (Å²) in [5.74, 6) is 2.69. The van der Waals surface area contributed by atoms with Crippen LogP contribution < -0.4 is 0 Å². The van der Waals surface area contributed by atoms with Crippen molar-refractivity contribution in [3.63, 3.8) is 0 Å². The number of rotatable bonds is 8. The summed E-state index contributed by atoms with van der Waals surface area (Å²) in [5.41, 5.74) is 0.317. The molecule has 0 spiro atoms. The molecule has 83 heavy (non-hydrogen) atoms. The number of hydrogen-bond acceptors (Lipinski definition) is 9. The van der Waals surface area contributed by atoms with Crippen LogP contribution >= 0.6 is 60.2 Å². The molecule has 5 aromatic rings. The minimum absolute atomic E-state index is 0. The van der Waals surface area contributed by atoms with Crippen LogP contribution in [0.3, 0.4) is 0 Å². The van der Waals surface area contributed by atoms with Gasteiger partial charge in [-0.2, -0.15) is 0 Å². The molecule has 5 aromatic carbocycles. The molecule has 6 aliphatic rings. The lowest BCUT2D eigenvalue weighted by atomic mass is 9.65. The van der Waals surface area contributed by atoms with E-state index in [0.717, 1.165) is 81.6 Å². The number of carbonyl (C=O) groups excluding carboxylic acids is 1. The van der Waals surface area contributed by atoms with Gasteiger partial charge in [-0.3, -0.25) is 4.79 Å². The highest BCUT2D eigenvalue weighted by Gasteiger charge is 2.54. The summed E-state index contributed by atoms with van der Waals surface area (Å²) in [5, 5.41) is 50.9. The first-order chi connectivity index (χ1) is 38.6. The summed E-state index contributed by atoms with van der Waals surface area (Å²) in [7, 11) is 12.1. The number of aryl methyl sites for hydroxylation is 2. The zero-order valence-electron chi connectivity index (χ0n) is 48.9. The number of nitrogens with zero attached hydrogens (tertiary/aromatic N) is 3. The van der Waals surface area contributed by atoms with Crippen molar-refractivity contribution in [3.8, 4) is 17.2 Å². The van der Waals surface area contributed by atoms with Gasteiger partial charge in [0.15, 0.2) is 0 Å². The Labute approximate surface area is 519 Å². The van der Waals surface area contributed by atoms with Crippen molar-refractivity contribution in [1.29, 1.82) is 0 Å². The molecule has 0 saturated heterocycles. The molecule has 0 radical (unpaired) electrons. The smallest absolute Gasteiger partial charge is 0.137 e. The normalized spacial score (nSPS) is 27.1. The first kappa shape index (κ1) is 70.1. The molecule has 6 saturated carbocycles. The van der Waals surface area contributed by atoms with E-state index in [0.29, 0.717) is 63.1 Å². The number of aliphatic hydroxyl groups is 2. The number of phenolic OH excluding ortho intramolecular Hbond substituents is 3. The Balaban J connectivity index is 0.000000189.